The maximum absolute atomic E-state index is 14.4. The number of unbranched alkanes of at least 4 members (excludes halogenated alkanes) is 27. The molecule has 0 saturated heterocycles. The van der Waals surface area contributed by atoms with Crippen molar-refractivity contribution in [3.63, 3.8) is 0 Å². The van der Waals surface area contributed by atoms with Crippen LogP contribution < -0.4 is 42.6 Å². The van der Waals surface area contributed by atoms with Gasteiger partial charge in [0.2, 0.25) is 34.9 Å². The Morgan fingerprint density at radius 1 is 0.216 bits per heavy atom. The molecule has 12 nitrogen and oxygen atoms in total. The first-order valence-corrected chi connectivity index (χ1v) is 37.9. The molecule has 0 aromatic heterocycles. The van der Waals surface area contributed by atoms with Crippen molar-refractivity contribution >= 4 is 17.9 Å². The molecule has 0 unspecified atom stereocenters. The summed E-state index contributed by atoms with van der Waals surface area (Å²) in [4.78, 5) is 37.1. The SMILES string of the molecule is CCCCCCCCOc1ccc(C(=O)Oc2ccc(OCCCCCCCC)c(F)c2F)cc1.CCCCCCCCOc1ccc(OC(=O)c2ccc(OCCCCCC)cc2)c(F)c1F.CCCCCCCCOc1ccc(OC(=O)c2ccc(OCCCCCCC)cc2)c(F)c1F. The smallest absolute Gasteiger partial charge is 0.343 e. The van der Waals surface area contributed by atoms with Gasteiger partial charge < -0.3 is 42.6 Å². The highest BCUT2D eigenvalue weighted by Gasteiger charge is 2.23. The molecule has 0 bridgehead atoms. The number of carbonyl (C=O) groups is 3. The third-order valence-corrected chi connectivity index (χ3v) is 16.7. The van der Waals surface area contributed by atoms with E-state index in [0.717, 1.165) is 103 Å². The van der Waals surface area contributed by atoms with Crippen LogP contribution in [0.15, 0.2) is 109 Å². The average Bonchev–Trinajstić information content (AvgIpc) is 0.841. The molecule has 0 amide bonds. The van der Waals surface area contributed by atoms with Gasteiger partial charge >= 0.3 is 17.9 Å². The van der Waals surface area contributed by atoms with Crippen LogP contribution in [-0.4, -0.2) is 57.5 Å². The van der Waals surface area contributed by atoms with E-state index < -0.39 is 70.1 Å². The number of esters is 3. The van der Waals surface area contributed by atoms with Crippen molar-refractivity contribution in [1.29, 1.82) is 0 Å². The minimum Gasteiger partial charge on any atom is -0.494 e. The second kappa shape index (κ2) is 53.9. The van der Waals surface area contributed by atoms with Crippen molar-refractivity contribution in [3.8, 4) is 51.7 Å². The first kappa shape index (κ1) is 86.5. The van der Waals surface area contributed by atoms with E-state index >= 15 is 0 Å². The zero-order valence-electron chi connectivity index (χ0n) is 61.6. The molecule has 6 rings (SSSR count). The van der Waals surface area contributed by atoms with Crippen molar-refractivity contribution in [1.82, 2.24) is 0 Å². The first-order chi connectivity index (χ1) is 49.7. The number of ether oxygens (including phenoxy) is 9. The predicted octanol–water partition coefficient (Wildman–Crippen LogP) is 24.8. The van der Waals surface area contributed by atoms with Crippen molar-refractivity contribution in [3.05, 3.63) is 161 Å². The summed E-state index contributed by atoms with van der Waals surface area (Å²) in [5, 5.41) is 0. The molecule has 0 aliphatic rings. The van der Waals surface area contributed by atoms with Gasteiger partial charge in [0.15, 0.2) is 34.5 Å². The molecule has 0 saturated carbocycles. The lowest BCUT2D eigenvalue weighted by Crippen LogP contribution is -2.10. The summed E-state index contributed by atoms with van der Waals surface area (Å²) in [5.74, 6) is -9.50. The topological polar surface area (TPSA) is 134 Å². The highest BCUT2D eigenvalue weighted by Crippen LogP contribution is 2.32. The van der Waals surface area contributed by atoms with E-state index in [1.54, 1.807) is 60.7 Å². The third kappa shape index (κ3) is 34.9. The average molecular weight is 1430 g/mol. The number of benzene rings is 6. The Labute approximate surface area is 604 Å². The van der Waals surface area contributed by atoms with Gasteiger partial charge in [-0.2, -0.15) is 26.3 Å². The van der Waals surface area contributed by atoms with Crippen LogP contribution in [0, 0.1) is 34.9 Å². The van der Waals surface area contributed by atoms with Gasteiger partial charge in [0, 0.05) is 0 Å². The van der Waals surface area contributed by atoms with Gasteiger partial charge in [0.25, 0.3) is 0 Å². The van der Waals surface area contributed by atoms with Crippen LogP contribution >= 0.6 is 0 Å². The maximum Gasteiger partial charge on any atom is 0.343 e. The van der Waals surface area contributed by atoms with E-state index in [0.29, 0.717) is 56.9 Å². The Morgan fingerprint density at radius 3 is 0.598 bits per heavy atom. The molecule has 102 heavy (non-hydrogen) atoms. The molecule has 0 aliphatic carbocycles. The molecule has 18 heteroatoms. The number of hydrogen-bond donors (Lipinski definition) is 0. The van der Waals surface area contributed by atoms with Crippen LogP contribution in [0.1, 0.15) is 285 Å². The van der Waals surface area contributed by atoms with E-state index in [9.17, 15) is 40.7 Å². The van der Waals surface area contributed by atoms with Gasteiger partial charge in [0.1, 0.15) is 17.2 Å². The minimum atomic E-state index is -1.24. The lowest BCUT2D eigenvalue weighted by Gasteiger charge is -2.11. The largest absolute Gasteiger partial charge is 0.494 e. The monoisotopic (exact) mass is 1430 g/mol. The van der Waals surface area contributed by atoms with E-state index in [4.69, 9.17) is 42.6 Å². The molecule has 0 aliphatic heterocycles. The lowest BCUT2D eigenvalue weighted by atomic mass is 10.1. The van der Waals surface area contributed by atoms with Crippen LogP contribution in [0.25, 0.3) is 0 Å². The quantitative estimate of drug-likeness (QED) is 0.0156. The molecule has 0 heterocycles. The van der Waals surface area contributed by atoms with Crippen molar-refractivity contribution in [2.24, 2.45) is 0 Å². The van der Waals surface area contributed by atoms with E-state index in [1.165, 1.54) is 158 Å². The van der Waals surface area contributed by atoms with Crippen LogP contribution in [0.3, 0.4) is 0 Å². The Bertz CT molecular complexity index is 3240. The lowest BCUT2D eigenvalue weighted by molar-refractivity contribution is 0.0717. The van der Waals surface area contributed by atoms with Gasteiger partial charge in [-0.25, -0.2) is 14.4 Å². The van der Waals surface area contributed by atoms with Crippen molar-refractivity contribution in [2.75, 3.05) is 39.6 Å². The minimum absolute atomic E-state index is 0.178. The molecule has 0 fully saturated rings. The van der Waals surface area contributed by atoms with Crippen LogP contribution in [0.2, 0.25) is 0 Å². The molecule has 564 valence electrons. The van der Waals surface area contributed by atoms with Gasteiger partial charge in [-0.1, -0.05) is 215 Å². The Kier molecular flexibility index (Phi) is 45.7. The molecule has 0 spiro atoms. The molecule has 0 atom stereocenters. The molecule has 6 aromatic carbocycles. The number of hydrogen-bond acceptors (Lipinski definition) is 12. The summed E-state index contributed by atoms with van der Waals surface area (Å²) >= 11 is 0. The second-order valence-corrected chi connectivity index (χ2v) is 25.4. The van der Waals surface area contributed by atoms with E-state index in [1.807, 2.05) is 0 Å². The van der Waals surface area contributed by atoms with Crippen molar-refractivity contribution < 1.29 is 83.4 Å². The highest BCUT2D eigenvalue weighted by molar-refractivity contribution is 5.92. The standard InChI is InChI=1S/C29H40F2O4.C28H38F2O4.C27H36F2O4/c1-3-5-7-9-11-13-21-33-24-17-15-23(16-18-24)29(32)35-26-20-19-25(27(30)28(26)31)34-22-14-12-10-8-6-4-2;1-3-5-7-9-11-13-21-33-24-18-19-25(27(30)26(24)29)34-28(31)22-14-16-23(17-15-22)32-20-12-10-8-6-4-2;1-3-5-7-9-10-12-20-32-23-17-18-24(26(29)25(23)28)33-27(30)21-13-15-22(16-14-21)31-19-11-8-6-4-2/h15-20H,3-14,21-22H2,1-2H3;14-19H,3-13,20-21H2,1-2H3;13-18H,3-12,19-20H2,1-2H3. The number of halogens is 6. The maximum atomic E-state index is 14.4. The van der Waals surface area contributed by atoms with Crippen LogP contribution in [-0.2, 0) is 0 Å². The van der Waals surface area contributed by atoms with Gasteiger partial charge in [0.05, 0.1) is 56.3 Å². The van der Waals surface area contributed by atoms with Crippen LogP contribution in [0.5, 0.6) is 51.7 Å². The van der Waals surface area contributed by atoms with Gasteiger partial charge in [-0.05, 0) is 148 Å². The molecule has 0 radical (unpaired) electrons. The Balaban J connectivity index is 0.000000324. The Morgan fingerprint density at radius 2 is 0.382 bits per heavy atom. The third-order valence-electron chi connectivity index (χ3n) is 16.7. The zero-order valence-corrected chi connectivity index (χ0v) is 61.6. The fourth-order valence-corrected chi connectivity index (χ4v) is 10.5. The fraction of sp³-hybridized carbons (Fsp3) is 0.536. The zero-order chi connectivity index (χ0) is 73.8. The molecule has 6 aromatic rings. The number of rotatable bonds is 51. The van der Waals surface area contributed by atoms with E-state index in [-0.39, 0.29) is 33.9 Å². The molecule has 0 N–H and O–H groups in total. The summed E-state index contributed by atoms with van der Waals surface area (Å²) in [7, 11) is 0. The summed E-state index contributed by atoms with van der Waals surface area (Å²) in [6, 6.07) is 26.7. The summed E-state index contributed by atoms with van der Waals surface area (Å²) in [6.07, 6.45) is 36.6. The van der Waals surface area contributed by atoms with Crippen LogP contribution in [0.4, 0.5) is 26.3 Å². The summed E-state index contributed by atoms with van der Waals surface area (Å²) in [6.45, 7) is 15.8. The van der Waals surface area contributed by atoms with Gasteiger partial charge in [-0.15, -0.1) is 0 Å². The summed E-state index contributed by atoms with van der Waals surface area (Å²) in [5.41, 5.74) is 0.662. The van der Waals surface area contributed by atoms with Gasteiger partial charge in [-0.3, -0.25) is 0 Å². The number of carbonyl (C=O) groups excluding carboxylic acids is 3. The predicted molar refractivity (Wildman–Crippen MR) is 393 cm³/mol. The van der Waals surface area contributed by atoms with E-state index in [2.05, 4.69) is 41.5 Å². The molecular formula is C84H114F6O12. The Hall–Kier alpha value is -7.89. The first-order valence-electron chi connectivity index (χ1n) is 37.9. The summed E-state index contributed by atoms with van der Waals surface area (Å²) < 4.78 is 135. The van der Waals surface area contributed by atoms with Crippen molar-refractivity contribution in [2.45, 2.75) is 253 Å². The normalized spacial score (nSPS) is 10.8. The highest BCUT2D eigenvalue weighted by atomic mass is 19.2. The fourth-order valence-electron chi connectivity index (χ4n) is 10.5. The molecular weight excluding hydrogens is 1310 g/mol. The second-order valence-electron chi connectivity index (χ2n) is 25.4.